The SMILES string of the molecule is CCCCCCCCCCCCCCCCCCCP(=O)(O)O. The first-order valence-corrected chi connectivity index (χ1v) is 11.9. The summed E-state index contributed by atoms with van der Waals surface area (Å²) < 4.78 is 10.7. The Kier molecular flexibility index (Phi) is 17.1. The van der Waals surface area contributed by atoms with Crippen molar-refractivity contribution in [3.8, 4) is 0 Å². The summed E-state index contributed by atoms with van der Waals surface area (Å²) in [4.78, 5) is 17.5. The van der Waals surface area contributed by atoms with Crippen molar-refractivity contribution in [3.63, 3.8) is 0 Å². The molecule has 0 atom stereocenters. The third-order valence-corrected chi connectivity index (χ3v) is 5.45. The van der Waals surface area contributed by atoms with Gasteiger partial charge < -0.3 is 9.79 Å². The van der Waals surface area contributed by atoms with Crippen molar-refractivity contribution in [1.82, 2.24) is 0 Å². The molecular weight excluding hydrogens is 307 g/mol. The minimum absolute atomic E-state index is 0.0611. The molecule has 23 heavy (non-hydrogen) atoms. The van der Waals surface area contributed by atoms with Crippen molar-refractivity contribution in [2.24, 2.45) is 0 Å². The number of hydrogen-bond acceptors (Lipinski definition) is 1. The molecule has 4 heteroatoms. The van der Waals surface area contributed by atoms with E-state index in [4.69, 9.17) is 9.79 Å². The van der Waals surface area contributed by atoms with Crippen LogP contribution in [-0.2, 0) is 4.57 Å². The summed E-state index contributed by atoms with van der Waals surface area (Å²) >= 11 is 0. The Morgan fingerprint density at radius 2 is 0.783 bits per heavy atom. The van der Waals surface area contributed by atoms with Gasteiger partial charge in [0.25, 0.3) is 0 Å². The summed E-state index contributed by atoms with van der Waals surface area (Å²) in [6.07, 6.45) is 22.1. The van der Waals surface area contributed by atoms with Crippen LogP contribution in [0.15, 0.2) is 0 Å². The molecule has 0 aliphatic rings. The molecule has 0 aromatic heterocycles. The van der Waals surface area contributed by atoms with E-state index in [1.165, 1.54) is 89.9 Å². The lowest BCUT2D eigenvalue weighted by Crippen LogP contribution is -1.88. The van der Waals surface area contributed by atoms with E-state index in [1.807, 2.05) is 0 Å². The van der Waals surface area contributed by atoms with Crippen molar-refractivity contribution < 1.29 is 14.4 Å². The molecule has 0 heterocycles. The van der Waals surface area contributed by atoms with Crippen molar-refractivity contribution >= 4 is 7.60 Å². The molecule has 140 valence electrons. The van der Waals surface area contributed by atoms with E-state index < -0.39 is 7.60 Å². The maximum atomic E-state index is 10.7. The zero-order chi connectivity index (χ0) is 17.2. The lowest BCUT2D eigenvalue weighted by molar-refractivity contribution is 0.370. The van der Waals surface area contributed by atoms with Gasteiger partial charge in [-0.15, -0.1) is 0 Å². The van der Waals surface area contributed by atoms with Crippen LogP contribution in [0, 0.1) is 0 Å². The van der Waals surface area contributed by atoms with Gasteiger partial charge in [0.1, 0.15) is 0 Å². The van der Waals surface area contributed by atoms with Gasteiger partial charge >= 0.3 is 7.60 Å². The quantitative estimate of drug-likeness (QED) is 0.211. The molecule has 0 aliphatic heterocycles. The van der Waals surface area contributed by atoms with Crippen molar-refractivity contribution in [1.29, 1.82) is 0 Å². The smallest absolute Gasteiger partial charge is 0.324 e. The molecule has 3 nitrogen and oxygen atoms in total. The second-order valence-electron chi connectivity index (χ2n) is 7.05. The molecule has 0 aromatic carbocycles. The first kappa shape index (κ1) is 23.1. The summed E-state index contributed by atoms with van der Waals surface area (Å²) in [6.45, 7) is 2.27. The standard InChI is InChI=1S/C19H41O3P/c1-2-3-4-5-6-7-8-9-10-11-12-13-14-15-16-17-18-19-23(20,21)22/h2-19H2,1H3,(H2,20,21,22). The van der Waals surface area contributed by atoms with Gasteiger partial charge in [0.2, 0.25) is 0 Å². The molecule has 0 saturated heterocycles. The number of hydrogen-bond donors (Lipinski definition) is 2. The van der Waals surface area contributed by atoms with Crippen LogP contribution in [0.3, 0.4) is 0 Å². The molecule has 0 fully saturated rings. The second-order valence-corrected chi connectivity index (χ2v) is 8.82. The van der Waals surface area contributed by atoms with Gasteiger partial charge in [0, 0.05) is 6.16 Å². The number of rotatable bonds is 18. The van der Waals surface area contributed by atoms with Gasteiger partial charge in [-0.3, -0.25) is 4.57 Å². The Hall–Kier alpha value is 0.150. The minimum Gasteiger partial charge on any atom is -0.324 e. The summed E-state index contributed by atoms with van der Waals surface area (Å²) in [6, 6.07) is 0. The third kappa shape index (κ3) is 22.2. The van der Waals surface area contributed by atoms with Crippen LogP contribution >= 0.6 is 7.60 Å². The Morgan fingerprint density at radius 3 is 1.04 bits per heavy atom. The molecule has 0 aromatic rings. The van der Waals surface area contributed by atoms with Crippen molar-refractivity contribution in [2.75, 3.05) is 6.16 Å². The van der Waals surface area contributed by atoms with Gasteiger partial charge in [0.15, 0.2) is 0 Å². The minimum atomic E-state index is -3.76. The summed E-state index contributed by atoms with van der Waals surface area (Å²) in [5.41, 5.74) is 0. The highest BCUT2D eigenvalue weighted by Crippen LogP contribution is 2.35. The highest BCUT2D eigenvalue weighted by molar-refractivity contribution is 7.51. The van der Waals surface area contributed by atoms with E-state index in [0.717, 1.165) is 12.8 Å². The van der Waals surface area contributed by atoms with E-state index >= 15 is 0 Å². The van der Waals surface area contributed by atoms with E-state index in [1.54, 1.807) is 0 Å². The van der Waals surface area contributed by atoms with Gasteiger partial charge in [-0.25, -0.2) is 0 Å². The fraction of sp³-hybridized carbons (Fsp3) is 1.00. The first-order valence-electron chi connectivity index (χ1n) is 10.1. The van der Waals surface area contributed by atoms with E-state index in [9.17, 15) is 4.57 Å². The Bertz CT molecular complexity index is 276. The zero-order valence-electron chi connectivity index (χ0n) is 15.5. The summed E-state index contributed by atoms with van der Waals surface area (Å²) in [5.74, 6) is 0. The lowest BCUT2D eigenvalue weighted by atomic mass is 10.0. The Labute approximate surface area is 144 Å². The molecule has 0 spiro atoms. The monoisotopic (exact) mass is 348 g/mol. The van der Waals surface area contributed by atoms with E-state index in [0.29, 0.717) is 6.42 Å². The molecule has 2 N–H and O–H groups in total. The van der Waals surface area contributed by atoms with Crippen molar-refractivity contribution in [3.05, 3.63) is 0 Å². The molecule has 0 unspecified atom stereocenters. The van der Waals surface area contributed by atoms with E-state index in [2.05, 4.69) is 6.92 Å². The molecular formula is C19H41O3P. The summed E-state index contributed by atoms with van der Waals surface area (Å²) in [7, 11) is -3.76. The van der Waals surface area contributed by atoms with E-state index in [-0.39, 0.29) is 6.16 Å². The number of unbranched alkanes of at least 4 members (excludes halogenated alkanes) is 16. The van der Waals surface area contributed by atoms with Crippen LogP contribution in [0.25, 0.3) is 0 Å². The van der Waals surface area contributed by atoms with Gasteiger partial charge in [-0.2, -0.15) is 0 Å². The molecule has 0 radical (unpaired) electrons. The third-order valence-electron chi connectivity index (χ3n) is 4.55. The van der Waals surface area contributed by atoms with Crippen molar-refractivity contribution in [2.45, 2.75) is 116 Å². The molecule has 0 saturated carbocycles. The maximum Gasteiger partial charge on any atom is 0.325 e. The summed E-state index contributed by atoms with van der Waals surface area (Å²) in [5, 5.41) is 0. The molecule has 0 bridgehead atoms. The predicted octanol–water partition coefficient (Wildman–Crippen LogP) is 6.82. The molecule has 0 amide bonds. The maximum absolute atomic E-state index is 10.7. The van der Waals surface area contributed by atoms with Crippen LogP contribution in [0.5, 0.6) is 0 Å². The molecule has 0 rings (SSSR count). The van der Waals surface area contributed by atoms with Crippen LogP contribution < -0.4 is 0 Å². The van der Waals surface area contributed by atoms with Crippen LogP contribution in [0.1, 0.15) is 116 Å². The van der Waals surface area contributed by atoms with Crippen LogP contribution in [-0.4, -0.2) is 15.9 Å². The van der Waals surface area contributed by atoms with Crippen LogP contribution in [0.2, 0.25) is 0 Å². The first-order chi connectivity index (χ1) is 11.1. The topological polar surface area (TPSA) is 57.5 Å². The van der Waals surface area contributed by atoms with Gasteiger partial charge in [-0.1, -0.05) is 110 Å². The highest BCUT2D eigenvalue weighted by Gasteiger charge is 2.10. The zero-order valence-corrected chi connectivity index (χ0v) is 16.4. The molecule has 0 aliphatic carbocycles. The largest absolute Gasteiger partial charge is 0.325 e. The predicted molar refractivity (Wildman–Crippen MR) is 101 cm³/mol. The lowest BCUT2D eigenvalue weighted by Gasteiger charge is -2.04. The average Bonchev–Trinajstić information content (AvgIpc) is 2.49. The Morgan fingerprint density at radius 1 is 0.522 bits per heavy atom. The van der Waals surface area contributed by atoms with Gasteiger partial charge in [-0.05, 0) is 6.42 Å². The highest BCUT2D eigenvalue weighted by atomic mass is 31.2. The average molecular weight is 349 g/mol. The van der Waals surface area contributed by atoms with Crippen LogP contribution in [0.4, 0.5) is 0 Å². The Balaban J connectivity index is 3.01. The van der Waals surface area contributed by atoms with Gasteiger partial charge in [0.05, 0.1) is 0 Å². The second kappa shape index (κ2) is 17.0. The normalized spacial score (nSPS) is 12.0. The fourth-order valence-electron chi connectivity index (χ4n) is 3.04. The fourth-order valence-corrected chi connectivity index (χ4v) is 3.68.